The highest BCUT2D eigenvalue weighted by Gasteiger charge is 2.21. The molecule has 0 saturated heterocycles. The molecule has 1 fully saturated rings. The van der Waals surface area contributed by atoms with Crippen LogP contribution in [0.4, 0.5) is 10.5 Å². The Morgan fingerprint density at radius 3 is 3.00 bits per heavy atom. The van der Waals surface area contributed by atoms with Crippen LogP contribution in [0.3, 0.4) is 0 Å². The van der Waals surface area contributed by atoms with Gasteiger partial charge < -0.3 is 20.5 Å². The summed E-state index contributed by atoms with van der Waals surface area (Å²) < 4.78 is 5.35. The second kappa shape index (κ2) is 7.47. The molecular weight excluding hydrogens is 280 g/mol. The lowest BCUT2D eigenvalue weighted by Crippen LogP contribution is -2.37. The van der Waals surface area contributed by atoms with Crippen molar-refractivity contribution < 1.29 is 14.6 Å². The van der Waals surface area contributed by atoms with Crippen molar-refractivity contribution in [3.8, 4) is 0 Å². The number of urea groups is 1. The number of anilines is 1. The van der Waals surface area contributed by atoms with Gasteiger partial charge in [-0.25, -0.2) is 4.79 Å². The van der Waals surface area contributed by atoms with Gasteiger partial charge in [0.25, 0.3) is 0 Å². The SMILES string of the molecule is O=C(NC[C@@H](O)COCC1CC1)Nc1cccc(Cl)c1. The number of carbonyl (C=O) groups is 1. The Hall–Kier alpha value is -1.30. The number of nitrogens with one attached hydrogen (secondary N) is 2. The second-order valence-electron chi connectivity index (χ2n) is 4.98. The second-order valence-corrected chi connectivity index (χ2v) is 5.42. The molecule has 1 aliphatic carbocycles. The largest absolute Gasteiger partial charge is 0.389 e. The Balaban J connectivity index is 1.61. The minimum absolute atomic E-state index is 0.150. The molecule has 6 heteroatoms. The third-order valence-corrected chi connectivity index (χ3v) is 3.18. The number of hydrogen-bond donors (Lipinski definition) is 3. The lowest BCUT2D eigenvalue weighted by Gasteiger charge is -2.13. The quantitative estimate of drug-likeness (QED) is 0.723. The van der Waals surface area contributed by atoms with E-state index in [4.69, 9.17) is 16.3 Å². The summed E-state index contributed by atoms with van der Waals surface area (Å²) in [6.45, 7) is 1.09. The lowest BCUT2D eigenvalue weighted by atomic mass is 10.3. The maximum Gasteiger partial charge on any atom is 0.319 e. The summed E-state index contributed by atoms with van der Waals surface area (Å²) in [6, 6.07) is 6.48. The Morgan fingerprint density at radius 1 is 1.50 bits per heavy atom. The van der Waals surface area contributed by atoms with Crippen LogP contribution < -0.4 is 10.6 Å². The Morgan fingerprint density at radius 2 is 2.30 bits per heavy atom. The molecule has 0 aromatic heterocycles. The highest BCUT2D eigenvalue weighted by atomic mass is 35.5. The number of aliphatic hydroxyl groups is 1. The molecule has 0 heterocycles. The monoisotopic (exact) mass is 298 g/mol. The zero-order chi connectivity index (χ0) is 14.4. The first-order valence-electron chi connectivity index (χ1n) is 6.69. The van der Waals surface area contributed by atoms with Crippen LogP contribution in [-0.2, 0) is 4.74 Å². The van der Waals surface area contributed by atoms with E-state index in [1.54, 1.807) is 24.3 Å². The van der Waals surface area contributed by atoms with Crippen molar-refractivity contribution in [1.82, 2.24) is 5.32 Å². The number of ether oxygens (including phenoxy) is 1. The molecule has 1 aromatic carbocycles. The van der Waals surface area contributed by atoms with Gasteiger partial charge in [-0.3, -0.25) is 0 Å². The van der Waals surface area contributed by atoms with Gasteiger partial charge in [0, 0.05) is 23.9 Å². The van der Waals surface area contributed by atoms with Gasteiger partial charge in [0.1, 0.15) is 0 Å². The Labute approximate surface area is 123 Å². The number of rotatable bonds is 7. The molecule has 2 rings (SSSR count). The molecule has 0 spiro atoms. The minimum Gasteiger partial charge on any atom is -0.389 e. The number of halogens is 1. The zero-order valence-electron chi connectivity index (χ0n) is 11.1. The maximum absolute atomic E-state index is 11.6. The van der Waals surface area contributed by atoms with Crippen LogP contribution in [-0.4, -0.2) is 37.0 Å². The Kier molecular flexibility index (Phi) is 5.64. The van der Waals surface area contributed by atoms with Crippen molar-refractivity contribution in [3.63, 3.8) is 0 Å². The summed E-state index contributed by atoms with van der Waals surface area (Å²) in [6.07, 6.45) is 1.74. The summed E-state index contributed by atoms with van der Waals surface area (Å²) in [5, 5.41) is 15.4. The maximum atomic E-state index is 11.6. The van der Waals surface area contributed by atoms with E-state index in [9.17, 15) is 9.90 Å². The molecule has 1 aliphatic rings. The fourth-order valence-electron chi connectivity index (χ4n) is 1.67. The molecule has 3 N–H and O–H groups in total. The lowest BCUT2D eigenvalue weighted by molar-refractivity contribution is 0.0339. The van der Waals surface area contributed by atoms with Crippen LogP contribution >= 0.6 is 11.6 Å². The summed E-state index contributed by atoms with van der Waals surface area (Å²) in [4.78, 5) is 11.6. The third kappa shape index (κ3) is 5.77. The van der Waals surface area contributed by atoms with Gasteiger partial charge >= 0.3 is 6.03 Å². The molecule has 0 bridgehead atoms. The van der Waals surface area contributed by atoms with Crippen LogP contribution in [0.25, 0.3) is 0 Å². The fourth-order valence-corrected chi connectivity index (χ4v) is 1.86. The van der Waals surface area contributed by atoms with Crippen LogP contribution in [0.5, 0.6) is 0 Å². The van der Waals surface area contributed by atoms with E-state index in [0.717, 1.165) is 0 Å². The minimum atomic E-state index is -0.695. The van der Waals surface area contributed by atoms with E-state index in [1.807, 2.05) is 0 Å². The van der Waals surface area contributed by atoms with Crippen molar-refractivity contribution in [3.05, 3.63) is 29.3 Å². The van der Waals surface area contributed by atoms with Crippen molar-refractivity contribution in [2.75, 3.05) is 25.1 Å². The van der Waals surface area contributed by atoms with Crippen molar-refractivity contribution in [1.29, 1.82) is 0 Å². The molecule has 1 atom stereocenters. The first-order valence-corrected chi connectivity index (χ1v) is 7.07. The average Bonchev–Trinajstić information content (AvgIpc) is 3.20. The third-order valence-electron chi connectivity index (χ3n) is 2.94. The predicted octanol–water partition coefficient (Wildman–Crippen LogP) is 2.25. The van der Waals surface area contributed by atoms with Crippen LogP contribution in [0.2, 0.25) is 5.02 Å². The number of aliphatic hydroxyl groups excluding tert-OH is 1. The molecule has 1 saturated carbocycles. The van der Waals surface area contributed by atoms with Crippen molar-refractivity contribution in [2.24, 2.45) is 5.92 Å². The molecule has 20 heavy (non-hydrogen) atoms. The van der Waals surface area contributed by atoms with Gasteiger partial charge in [-0.15, -0.1) is 0 Å². The first-order chi connectivity index (χ1) is 9.63. The van der Waals surface area contributed by atoms with Crippen molar-refractivity contribution in [2.45, 2.75) is 18.9 Å². The van der Waals surface area contributed by atoms with Crippen molar-refractivity contribution >= 4 is 23.3 Å². The number of benzene rings is 1. The molecule has 1 aromatic rings. The van der Waals surface area contributed by atoms with Gasteiger partial charge in [-0.05, 0) is 37.0 Å². The van der Waals surface area contributed by atoms with Crippen LogP contribution in [0, 0.1) is 5.92 Å². The van der Waals surface area contributed by atoms with Crippen LogP contribution in [0.15, 0.2) is 24.3 Å². The zero-order valence-corrected chi connectivity index (χ0v) is 11.9. The normalized spacial score (nSPS) is 15.7. The standard InChI is InChI=1S/C14H19ClN2O3/c15-11-2-1-3-12(6-11)17-14(19)16-7-13(18)9-20-8-10-4-5-10/h1-3,6,10,13,18H,4-5,7-9H2,(H2,16,17,19)/t13-/m1/s1. The van der Waals surface area contributed by atoms with Crippen LogP contribution in [0.1, 0.15) is 12.8 Å². The summed E-state index contributed by atoms with van der Waals surface area (Å²) in [5.41, 5.74) is 0.606. The number of amides is 2. The predicted molar refractivity (Wildman–Crippen MR) is 78.0 cm³/mol. The molecule has 2 amide bonds. The molecule has 0 aliphatic heterocycles. The smallest absolute Gasteiger partial charge is 0.319 e. The van der Waals surface area contributed by atoms with Gasteiger partial charge in [-0.1, -0.05) is 17.7 Å². The average molecular weight is 299 g/mol. The number of hydrogen-bond acceptors (Lipinski definition) is 3. The highest BCUT2D eigenvalue weighted by Crippen LogP contribution is 2.28. The summed E-state index contributed by atoms with van der Waals surface area (Å²) >= 11 is 5.82. The Bertz CT molecular complexity index is 452. The molecule has 5 nitrogen and oxygen atoms in total. The molecule has 0 unspecified atom stereocenters. The van der Waals surface area contributed by atoms with E-state index in [2.05, 4.69) is 10.6 Å². The van der Waals surface area contributed by atoms with Gasteiger partial charge in [0.05, 0.1) is 12.7 Å². The van der Waals surface area contributed by atoms with E-state index in [-0.39, 0.29) is 19.2 Å². The van der Waals surface area contributed by atoms with Gasteiger partial charge in [0.15, 0.2) is 0 Å². The van der Waals surface area contributed by atoms with Gasteiger partial charge in [0.2, 0.25) is 0 Å². The summed E-state index contributed by atoms with van der Waals surface area (Å²) in [5.74, 6) is 0.668. The summed E-state index contributed by atoms with van der Waals surface area (Å²) in [7, 11) is 0. The fraction of sp³-hybridized carbons (Fsp3) is 0.500. The molecule has 0 radical (unpaired) electrons. The molecule has 110 valence electrons. The van der Waals surface area contributed by atoms with E-state index in [0.29, 0.717) is 23.2 Å². The van der Waals surface area contributed by atoms with E-state index in [1.165, 1.54) is 12.8 Å². The molecular formula is C14H19ClN2O3. The van der Waals surface area contributed by atoms with E-state index < -0.39 is 6.10 Å². The van der Waals surface area contributed by atoms with Gasteiger partial charge in [-0.2, -0.15) is 0 Å². The first kappa shape index (κ1) is 15.1. The topological polar surface area (TPSA) is 70.6 Å². The highest BCUT2D eigenvalue weighted by molar-refractivity contribution is 6.30. The number of carbonyl (C=O) groups excluding carboxylic acids is 1. The van der Waals surface area contributed by atoms with E-state index >= 15 is 0 Å².